The van der Waals surface area contributed by atoms with Crippen LogP contribution >= 0.6 is 11.3 Å². The average Bonchev–Trinajstić information content (AvgIpc) is 3.03. The van der Waals surface area contributed by atoms with Gasteiger partial charge in [0.2, 0.25) is 5.91 Å². The number of hydrogen-bond acceptors (Lipinski definition) is 5. The van der Waals surface area contributed by atoms with Crippen molar-refractivity contribution < 1.29 is 19.1 Å². The zero-order valence-corrected chi connectivity index (χ0v) is 19.8. The first kappa shape index (κ1) is 24.3. The number of thiophene rings is 1. The van der Waals surface area contributed by atoms with Gasteiger partial charge >= 0.3 is 5.97 Å². The van der Waals surface area contributed by atoms with Crippen LogP contribution in [0.15, 0.2) is 30.3 Å². The minimum Gasteiger partial charge on any atom is -0.459 e. The number of amides is 2. The van der Waals surface area contributed by atoms with Gasteiger partial charge in [-0.1, -0.05) is 29.8 Å². The number of esters is 1. The van der Waals surface area contributed by atoms with Crippen molar-refractivity contribution in [1.29, 1.82) is 0 Å². The maximum atomic E-state index is 12.9. The molecule has 166 valence electrons. The van der Waals surface area contributed by atoms with Gasteiger partial charge in [-0.05, 0) is 58.7 Å². The molecule has 2 aromatic rings. The smallest absolute Gasteiger partial charge is 0.341 e. The molecule has 0 atom stereocenters. The fraction of sp³-hybridized carbons (Fsp3) is 0.375. The van der Waals surface area contributed by atoms with E-state index in [1.165, 1.54) is 6.08 Å². The van der Waals surface area contributed by atoms with Gasteiger partial charge in [0.05, 0.1) is 16.5 Å². The SMILES string of the molecule is CCN(CC)C(=O)c1sc(NC(=O)/C=C/c2ccc(C)cc2)c(C(=O)OC(C)C)c1C. The molecule has 1 aromatic heterocycles. The van der Waals surface area contributed by atoms with Crippen molar-refractivity contribution in [1.82, 2.24) is 4.90 Å². The molecule has 0 fully saturated rings. The number of hydrogen-bond donors (Lipinski definition) is 1. The molecule has 0 aliphatic carbocycles. The molecule has 2 amide bonds. The molecule has 0 saturated carbocycles. The van der Waals surface area contributed by atoms with Gasteiger partial charge in [-0.3, -0.25) is 9.59 Å². The summed E-state index contributed by atoms with van der Waals surface area (Å²) in [6.45, 7) is 12.1. The van der Waals surface area contributed by atoms with Gasteiger partial charge in [-0.25, -0.2) is 4.79 Å². The van der Waals surface area contributed by atoms with Gasteiger partial charge in [0, 0.05) is 19.2 Å². The molecule has 0 aliphatic heterocycles. The summed E-state index contributed by atoms with van der Waals surface area (Å²) in [6.07, 6.45) is 2.78. The Morgan fingerprint density at radius 2 is 1.71 bits per heavy atom. The first-order chi connectivity index (χ1) is 14.7. The van der Waals surface area contributed by atoms with Crippen molar-refractivity contribution >= 4 is 40.2 Å². The van der Waals surface area contributed by atoms with Crippen LogP contribution in [0.25, 0.3) is 6.08 Å². The summed E-state index contributed by atoms with van der Waals surface area (Å²) < 4.78 is 5.36. The van der Waals surface area contributed by atoms with Gasteiger partial charge in [-0.15, -0.1) is 11.3 Å². The minimum atomic E-state index is -0.555. The van der Waals surface area contributed by atoms with Crippen LogP contribution in [0.4, 0.5) is 5.00 Å². The molecule has 1 heterocycles. The van der Waals surface area contributed by atoms with E-state index >= 15 is 0 Å². The molecule has 0 spiro atoms. The fourth-order valence-electron chi connectivity index (χ4n) is 2.98. The highest BCUT2D eigenvalue weighted by molar-refractivity contribution is 7.18. The molecule has 0 bridgehead atoms. The van der Waals surface area contributed by atoms with Gasteiger partial charge in [0.15, 0.2) is 0 Å². The van der Waals surface area contributed by atoms with Gasteiger partial charge in [-0.2, -0.15) is 0 Å². The zero-order valence-electron chi connectivity index (χ0n) is 18.9. The Morgan fingerprint density at radius 3 is 2.26 bits per heavy atom. The third-order valence-corrected chi connectivity index (χ3v) is 5.88. The zero-order chi connectivity index (χ0) is 23.1. The number of ether oxygens (including phenoxy) is 1. The first-order valence-electron chi connectivity index (χ1n) is 10.4. The van der Waals surface area contributed by atoms with Crippen LogP contribution in [0.5, 0.6) is 0 Å². The number of aryl methyl sites for hydroxylation is 1. The Morgan fingerprint density at radius 1 is 1.10 bits per heavy atom. The molecular weight excluding hydrogens is 412 g/mol. The van der Waals surface area contributed by atoms with E-state index in [0.29, 0.717) is 28.5 Å². The molecule has 7 heteroatoms. The number of nitrogens with zero attached hydrogens (tertiary/aromatic N) is 1. The molecule has 31 heavy (non-hydrogen) atoms. The molecule has 6 nitrogen and oxygen atoms in total. The maximum absolute atomic E-state index is 12.9. The van der Waals surface area contributed by atoms with E-state index in [-0.39, 0.29) is 23.5 Å². The monoisotopic (exact) mass is 442 g/mol. The van der Waals surface area contributed by atoms with Crippen LogP contribution in [-0.4, -0.2) is 41.9 Å². The summed E-state index contributed by atoms with van der Waals surface area (Å²) in [5, 5.41) is 3.08. The molecule has 0 radical (unpaired) electrons. The molecule has 0 saturated heterocycles. The molecule has 2 rings (SSSR count). The van der Waals surface area contributed by atoms with Crippen molar-refractivity contribution in [3.63, 3.8) is 0 Å². The third-order valence-electron chi connectivity index (χ3n) is 4.68. The fourth-order valence-corrected chi connectivity index (χ4v) is 4.15. The van der Waals surface area contributed by atoms with Gasteiger partial charge in [0.1, 0.15) is 5.00 Å². The normalized spacial score (nSPS) is 11.1. The Kier molecular flexibility index (Phi) is 8.56. The third kappa shape index (κ3) is 6.28. The lowest BCUT2D eigenvalue weighted by molar-refractivity contribution is -0.111. The summed E-state index contributed by atoms with van der Waals surface area (Å²) in [4.78, 5) is 40.3. The molecule has 1 aromatic carbocycles. The summed E-state index contributed by atoms with van der Waals surface area (Å²) in [7, 11) is 0. The van der Waals surface area contributed by atoms with Crippen LogP contribution in [0, 0.1) is 13.8 Å². The average molecular weight is 443 g/mol. The first-order valence-corrected chi connectivity index (χ1v) is 11.2. The van der Waals surface area contributed by atoms with Crippen LogP contribution in [0.1, 0.15) is 64.4 Å². The summed E-state index contributed by atoms with van der Waals surface area (Å²) in [5.74, 6) is -1.11. The van der Waals surface area contributed by atoms with E-state index < -0.39 is 5.97 Å². The van der Waals surface area contributed by atoms with Gasteiger partial charge in [0.25, 0.3) is 5.91 Å². The number of carbonyl (C=O) groups is 3. The highest BCUT2D eigenvalue weighted by Crippen LogP contribution is 2.35. The predicted molar refractivity (Wildman–Crippen MR) is 126 cm³/mol. The van der Waals surface area contributed by atoms with E-state index in [9.17, 15) is 14.4 Å². The van der Waals surface area contributed by atoms with E-state index in [2.05, 4.69) is 5.32 Å². The number of benzene rings is 1. The second-order valence-electron chi connectivity index (χ2n) is 7.43. The van der Waals surface area contributed by atoms with E-state index in [0.717, 1.165) is 22.5 Å². The largest absolute Gasteiger partial charge is 0.459 e. The van der Waals surface area contributed by atoms with Crippen molar-refractivity contribution in [2.24, 2.45) is 0 Å². The second kappa shape index (κ2) is 10.9. The van der Waals surface area contributed by atoms with Gasteiger partial charge < -0.3 is 15.0 Å². The number of nitrogens with one attached hydrogen (secondary N) is 1. The lowest BCUT2D eigenvalue weighted by Gasteiger charge is -2.18. The Labute approximate surface area is 187 Å². The van der Waals surface area contributed by atoms with E-state index in [4.69, 9.17) is 4.74 Å². The van der Waals surface area contributed by atoms with Crippen molar-refractivity contribution in [2.75, 3.05) is 18.4 Å². The minimum absolute atomic E-state index is 0.165. The number of rotatable bonds is 8. The lowest BCUT2D eigenvalue weighted by Crippen LogP contribution is -2.30. The molecular formula is C24H30N2O4S. The second-order valence-corrected chi connectivity index (χ2v) is 8.45. The van der Waals surface area contributed by atoms with E-state index in [1.807, 2.05) is 45.0 Å². The highest BCUT2D eigenvalue weighted by Gasteiger charge is 2.28. The topological polar surface area (TPSA) is 75.7 Å². The predicted octanol–water partition coefficient (Wildman–Crippen LogP) is 5.06. The quantitative estimate of drug-likeness (QED) is 0.458. The lowest BCUT2D eigenvalue weighted by atomic mass is 10.1. The van der Waals surface area contributed by atoms with Crippen LogP contribution in [-0.2, 0) is 9.53 Å². The standard InChI is InChI=1S/C24H30N2O4S/c1-7-26(8-2)23(28)21-17(6)20(24(29)30-15(3)4)22(31-21)25-19(27)14-13-18-11-9-16(5)10-12-18/h9-15H,7-8H2,1-6H3,(H,25,27)/b14-13+. The maximum Gasteiger partial charge on any atom is 0.341 e. The van der Waals surface area contributed by atoms with Crippen molar-refractivity contribution in [3.8, 4) is 0 Å². The number of anilines is 1. The van der Waals surface area contributed by atoms with Crippen LogP contribution < -0.4 is 5.32 Å². The van der Waals surface area contributed by atoms with Crippen molar-refractivity contribution in [3.05, 3.63) is 57.5 Å². The highest BCUT2D eigenvalue weighted by atomic mass is 32.1. The summed E-state index contributed by atoms with van der Waals surface area (Å²) in [5.41, 5.74) is 2.77. The molecule has 0 aliphatic rings. The Balaban J connectivity index is 2.36. The summed E-state index contributed by atoms with van der Waals surface area (Å²) in [6, 6.07) is 7.76. The summed E-state index contributed by atoms with van der Waals surface area (Å²) >= 11 is 1.10. The van der Waals surface area contributed by atoms with E-state index in [1.54, 1.807) is 31.7 Å². The van der Waals surface area contributed by atoms with Crippen LogP contribution in [0.3, 0.4) is 0 Å². The molecule has 1 N–H and O–H groups in total. The Hall–Kier alpha value is -2.93. The van der Waals surface area contributed by atoms with Crippen LogP contribution in [0.2, 0.25) is 0 Å². The Bertz CT molecular complexity index is 970. The number of carbonyl (C=O) groups excluding carboxylic acids is 3. The molecule has 0 unspecified atom stereocenters. The van der Waals surface area contributed by atoms with Crippen molar-refractivity contribution in [2.45, 2.75) is 47.6 Å².